The highest BCUT2D eigenvalue weighted by Crippen LogP contribution is 2.04. The Balaban J connectivity index is 2.64. The molecule has 1 aliphatic rings. The Bertz CT molecular complexity index is 568. The summed E-state index contributed by atoms with van der Waals surface area (Å²) >= 11 is 1.61. The molecule has 0 amide bonds. The van der Waals surface area contributed by atoms with E-state index in [1.165, 1.54) is 10.7 Å². The molecular formula is C10H8N2S. The number of fused-ring (bicyclic) bond motifs is 3. The fourth-order valence-corrected chi connectivity index (χ4v) is 2.25. The molecule has 13 heavy (non-hydrogen) atoms. The van der Waals surface area contributed by atoms with Gasteiger partial charge in [0.15, 0.2) is 0 Å². The summed E-state index contributed by atoms with van der Waals surface area (Å²) in [6.07, 6.45) is 6.35. The largest absolute Gasteiger partial charge is 0.323 e. The smallest absolute Gasteiger partial charge is 0.0818 e. The number of aromatic nitrogens is 1. The predicted molar refractivity (Wildman–Crippen MR) is 55.1 cm³/mol. The first kappa shape index (κ1) is 7.21. The van der Waals surface area contributed by atoms with Crippen LogP contribution in [0.15, 0.2) is 35.0 Å². The van der Waals surface area contributed by atoms with Crippen LogP contribution in [0.5, 0.6) is 0 Å². The van der Waals surface area contributed by atoms with E-state index in [0.29, 0.717) is 0 Å². The Morgan fingerprint density at radius 3 is 3.31 bits per heavy atom. The molecule has 2 nitrogen and oxygen atoms in total. The quantitative estimate of drug-likeness (QED) is 0.564. The molecule has 0 aliphatic carbocycles. The first-order chi connectivity index (χ1) is 6.45. The van der Waals surface area contributed by atoms with Crippen molar-refractivity contribution in [3.05, 3.63) is 41.2 Å². The minimum atomic E-state index is 0.984. The number of pyridine rings is 1. The van der Waals surface area contributed by atoms with E-state index in [2.05, 4.69) is 45.5 Å². The summed E-state index contributed by atoms with van der Waals surface area (Å²) < 4.78 is 6.52. The maximum absolute atomic E-state index is 4.39. The Kier molecular flexibility index (Phi) is 1.46. The molecule has 2 aromatic rings. The zero-order chi connectivity index (χ0) is 8.67. The molecule has 0 fully saturated rings. The van der Waals surface area contributed by atoms with Gasteiger partial charge in [0.05, 0.1) is 10.9 Å². The molecule has 0 N–H and O–H groups in total. The third-order valence-corrected chi connectivity index (χ3v) is 2.89. The number of hydrogen-bond acceptors (Lipinski definition) is 2. The molecule has 1 aliphatic heterocycles. The van der Waals surface area contributed by atoms with Crippen molar-refractivity contribution in [2.24, 2.45) is 4.40 Å². The fourth-order valence-electron chi connectivity index (χ4n) is 1.64. The van der Waals surface area contributed by atoms with E-state index in [-0.39, 0.29) is 0 Å². The van der Waals surface area contributed by atoms with Crippen molar-refractivity contribution in [2.75, 3.05) is 5.75 Å². The Morgan fingerprint density at radius 1 is 1.31 bits per heavy atom. The van der Waals surface area contributed by atoms with Crippen molar-refractivity contribution in [3.63, 3.8) is 0 Å². The lowest BCUT2D eigenvalue weighted by Gasteiger charge is -2.00. The summed E-state index contributed by atoms with van der Waals surface area (Å²) in [7, 11) is 0. The van der Waals surface area contributed by atoms with E-state index in [9.17, 15) is 0 Å². The van der Waals surface area contributed by atoms with Crippen molar-refractivity contribution in [1.82, 2.24) is 4.40 Å². The number of hydrogen-bond donors (Lipinski definition) is 0. The molecule has 0 atom stereocenters. The van der Waals surface area contributed by atoms with Crippen molar-refractivity contribution in [2.45, 2.75) is 0 Å². The van der Waals surface area contributed by atoms with E-state index in [1.807, 2.05) is 0 Å². The van der Waals surface area contributed by atoms with Crippen LogP contribution in [0.4, 0.5) is 0 Å². The highest BCUT2D eigenvalue weighted by atomic mass is 32.2. The third kappa shape index (κ3) is 1.00. The van der Waals surface area contributed by atoms with Crippen LogP contribution < -0.4 is 10.6 Å². The Hall–Kier alpha value is -1.22. The van der Waals surface area contributed by atoms with Crippen LogP contribution >= 0.6 is 11.9 Å². The summed E-state index contributed by atoms with van der Waals surface area (Å²) in [6, 6.07) is 6.25. The lowest BCUT2D eigenvalue weighted by atomic mass is 10.3. The minimum absolute atomic E-state index is 0.984. The van der Waals surface area contributed by atoms with Gasteiger partial charge in [0.25, 0.3) is 0 Å². The monoisotopic (exact) mass is 188 g/mol. The minimum Gasteiger partial charge on any atom is -0.323 e. The van der Waals surface area contributed by atoms with Gasteiger partial charge in [-0.15, -0.1) is 0 Å². The highest BCUT2D eigenvalue weighted by Gasteiger charge is 1.99. The zero-order valence-corrected chi connectivity index (χ0v) is 7.79. The van der Waals surface area contributed by atoms with Gasteiger partial charge in [-0.3, -0.25) is 0 Å². The SMILES string of the molecule is C1=c2c(ccn3cccc23)=NSC1. The predicted octanol–water partition coefficient (Wildman–Crippen LogP) is 1.00. The summed E-state index contributed by atoms with van der Waals surface area (Å²) in [5.41, 5.74) is 1.25. The van der Waals surface area contributed by atoms with Crippen LogP contribution in [0.2, 0.25) is 0 Å². The first-order valence-corrected chi connectivity index (χ1v) is 5.15. The summed E-state index contributed by atoms with van der Waals surface area (Å²) in [4.78, 5) is 0. The van der Waals surface area contributed by atoms with E-state index in [0.717, 1.165) is 11.1 Å². The lowest BCUT2D eigenvalue weighted by Crippen LogP contribution is -2.28. The normalized spacial score (nSPS) is 14.8. The second-order valence-corrected chi connectivity index (χ2v) is 3.78. The van der Waals surface area contributed by atoms with Crippen molar-refractivity contribution in [3.8, 4) is 0 Å². The van der Waals surface area contributed by atoms with E-state index in [1.54, 1.807) is 11.9 Å². The van der Waals surface area contributed by atoms with Crippen LogP contribution in [0.1, 0.15) is 0 Å². The molecule has 0 spiro atoms. The van der Waals surface area contributed by atoms with Crippen LogP contribution in [0.3, 0.4) is 0 Å². The maximum Gasteiger partial charge on any atom is 0.0818 e. The van der Waals surface area contributed by atoms with Gasteiger partial charge in [0, 0.05) is 23.4 Å². The second-order valence-electron chi connectivity index (χ2n) is 3.01. The van der Waals surface area contributed by atoms with E-state index in [4.69, 9.17) is 0 Å². The molecule has 3 heterocycles. The number of rotatable bonds is 0. The zero-order valence-electron chi connectivity index (χ0n) is 6.97. The third-order valence-electron chi connectivity index (χ3n) is 2.25. The standard InChI is InChI=1S/C10H8N2S/c1-2-10-8-4-7-13-11-9(8)3-6-12(10)5-1/h1-6H,7H2. The Labute approximate surface area is 79.7 Å². The fraction of sp³-hybridized carbons (Fsp3) is 0.100. The molecule has 64 valence electrons. The molecule has 0 radical (unpaired) electrons. The van der Waals surface area contributed by atoms with Crippen LogP contribution in [0.25, 0.3) is 11.6 Å². The van der Waals surface area contributed by atoms with Gasteiger partial charge in [-0.05, 0) is 30.1 Å². The van der Waals surface area contributed by atoms with Crippen LogP contribution in [-0.2, 0) is 0 Å². The molecule has 3 rings (SSSR count). The van der Waals surface area contributed by atoms with Gasteiger partial charge in [-0.2, -0.15) is 0 Å². The van der Waals surface area contributed by atoms with Crippen LogP contribution in [0, 0.1) is 0 Å². The van der Waals surface area contributed by atoms with Crippen molar-refractivity contribution in [1.29, 1.82) is 0 Å². The van der Waals surface area contributed by atoms with Crippen molar-refractivity contribution >= 4 is 23.5 Å². The van der Waals surface area contributed by atoms with Gasteiger partial charge in [-0.1, -0.05) is 6.08 Å². The van der Waals surface area contributed by atoms with Gasteiger partial charge < -0.3 is 4.40 Å². The molecule has 3 heteroatoms. The van der Waals surface area contributed by atoms with Crippen molar-refractivity contribution < 1.29 is 0 Å². The second kappa shape index (κ2) is 2.64. The molecule has 0 saturated heterocycles. The lowest BCUT2D eigenvalue weighted by molar-refractivity contribution is 1.16. The maximum atomic E-state index is 4.39. The van der Waals surface area contributed by atoms with Gasteiger partial charge >= 0.3 is 0 Å². The molecular weight excluding hydrogens is 180 g/mol. The summed E-state index contributed by atoms with van der Waals surface area (Å²) in [5.74, 6) is 0.984. The molecule has 0 aromatic carbocycles. The molecule has 2 aromatic heterocycles. The topological polar surface area (TPSA) is 16.8 Å². The summed E-state index contributed by atoms with van der Waals surface area (Å²) in [5, 5.41) is 2.37. The average Bonchev–Trinajstić information content (AvgIpc) is 2.65. The van der Waals surface area contributed by atoms with Crippen LogP contribution in [-0.4, -0.2) is 10.2 Å². The van der Waals surface area contributed by atoms with E-state index >= 15 is 0 Å². The molecule has 0 bridgehead atoms. The van der Waals surface area contributed by atoms with Gasteiger partial charge in [-0.25, -0.2) is 4.40 Å². The number of nitrogens with zero attached hydrogens (tertiary/aromatic N) is 2. The average molecular weight is 188 g/mol. The highest BCUT2D eigenvalue weighted by molar-refractivity contribution is 7.98. The molecule has 0 unspecified atom stereocenters. The first-order valence-electron chi connectivity index (χ1n) is 4.21. The van der Waals surface area contributed by atoms with Gasteiger partial charge in [0.2, 0.25) is 0 Å². The van der Waals surface area contributed by atoms with Gasteiger partial charge in [0.1, 0.15) is 0 Å². The summed E-state index contributed by atoms with van der Waals surface area (Å²) in [6.45, 7) is 0. The van der Waals surface area contributed by atoms with E-state index < -0.39 is 0 Å². The molecule has 0 saturated carbocycles. The Morgan fingerprint density at radius 2 is 2.31 bits per heavy atom.